The van der Waals surface area contributed by atoms with E-state index in [1.54, 1.807) is 4.90 Å². The fourth-order valence-corrected chi connectivity index (χ4v) is 2.88. The van der Waals surface area contributed by atoms with Gasteiger partial charge < -0.3 is 15.6 Å². The molecule has 1 aliphatic heterocycles. The SMILES string of the molecule is COC(=O)C1C(O)CCCN1Cc1cc(=O)n2[nH]c(N)nc2n1. The number of methoxy groups -OCH3 is 1. The first-order valence-electron chi connectivity index (χ1n) is 7.23. The molecule has 2 unspecified atom stereocenters. The minimum Gasteiger partial charge on any atom is -0.468 e. The topological polar surface area (TPSA) is 139 Å². The molecule has 0 aromatic carbocycles. The molecule has 1 aliphatic rings. The number of likely N-dealkylation sites (tertiary alicyclic amines) is 1. The number of aromatic amines is 1. The van der Waals surface area contributed by atoms with Gasteiger partial charge in [-0.15, -0.1) is 0 Å². The Morgan fingerprint density at radius 3 is 3.09 bits per heavy atom. The van der Waals surface area contributed by atoms with Crippen molar-refractivity contribution in [3.63, 3.8) is 0 Å². The van der Waals surface area contributed by atoms with E-state index in [9.17, 15) is 14.7 Å². The van der Waals surface area contributed by atoms with E-state index >= 15 is 0 Å². The molecule has 4 N–H and O–H groups in total. The third-order valence-corrected chi connectivity index (χ3v) is 3.91. The molecule has 10 heteroatoms. The van der Waals surface area contributed by atoms with Crippen molar-refractivity contribution in [3.8, 4) is 0 Å². The molecule has 1 fully saturated rings. The number of aliphatic hydroxyl groups excluding tert-OH is 1. The van der Waals surface area contributed by atoms with Crippen molar-refractivity contribution in [2.45, 2.75) is 31.5 Å². The number of nitrogens with zero attached hydrogens (tertiary/aromatic N) is 4. The molecule has 0 bridgehead atoms. The van der Waals surface area contributed by atoms with Crippen molar-refractivity contribution in [1.82, 2.24) is 24.5 Å². The van der Waals surface area contributed by atoms with Crippen molar-refractivity contribution in [1.29, 1.82) is 0 Å². The number of carbonyl (C=O) groups excluding carboxylic acids is 1. The van der Waals surface area contributed by atoms with Crippen LogP contribution in [0.2, 0.25) is 0 Å². The number of fused-ring (bicyclic) bond motifs is 1. The number of aromatic nitrogens is 4. The molecular formula is C13H18N6O4. The fourth-order valence-electron chi connectivity index (χ4n) is 2.88. The summed E-state index contributed by atoms with van der Waals surface area (Å²) in [7, 11) is 1.28. The molecule has 0 aliphatic carbocycles. The number of anilines is 1. The Balaban J connectivity index is 1.90. The van der Waals surface area contributed by atoms with Crippen LogP contribution in [0.3, 0.4) is 0 Å². The summed E-state index contributed by atoms with van der Waals surface area (Å²) in [6.07, 6.45) is 0.467. The molecule has 2 aromatic heterocycles. The Kier molecular flexibility index (Phi) is 4.01. The number of H-pyrrole nitrogens is 1. The lowest BCUT2D eigenvalue weighted by Crippen LogP contribution is -2.52. The molecule has 2 atom stereocenters. The summed E-state index contributed by atoms with van der Waals surface area (Å²) >= 11 is 0. The number of rotatable bonds is 3. The average molecular weight is 322 g/mol. The van der Waals surface area contributed by atoms with Crippen LogP contribution in [0.1, 0.15) is 18.5 Å². The number of aliphatic hydroxyl groups is 1. The van der Waals surface area contributed by atoms with Gasteiger partial charge in [-0.1, -0.05) is 0 Å². The van der Waals surface area contributed by atoms with Gasteiger partial charge in [-0.2, -0.15) is 9.50 Å². The van der Waals surface area contributed by atoms with Crippen LogP contribution in [0.15, 0.2) is 10.9 Å². The average Bonchev–Trinajstić information content (AvgIpc) is 2.88. The molecule has 124 valence electrons. The van der Waals surface area contributed by atoms with Gasteiger partial charge in [0.25, 0.3) is 11.3 Å². The molecule has 0 spiro atoms. The molecular weight excluding hydrogens is 304 g/mol. The molecule has 10 nitrogen and oxygen atoms in total. The Morgan fingerprint density at radius 2 is 2.35 bits per heavy atom. The monoisotopic (exact) mass is 322 g/mol. The first-order valence-corrected chi connectivity index (χ1v) is 7.23. The van der Waals surface area contributed by atoms with Crippen LogP contribution < -0.4 is 11.3 Å². The highest BCUT2D eigenvalue weighted by atomic mass is 16.5. The third-order valence-electron chi connectivity index (χ3n) is 3.91. The zero-order chi connectivity index (χ0) is 16.6. The van der Waals surface area contributed by atoms with E-state index in [0.717, 1.165) is 10.9 Å². The molecule has 23 heavy (non-hydrogen) atoms. The van der Waals surface area contributed by atoms with E-state index in [2.05, 4.69) is 15.1 Å². The molecule has 0 amide bonds. The molecule has 0 saturated carbocycles. The number of carbonyl (C=O) groups is 1. The van der Waals surface area contributed by atoms with E-state index in [1.807, 2.05) is 0 Å². The molecule has 1 saturated heterocycles. The van der Waals surface area contributed by atoms with Crippen molar-refractivity contribution < 1.29 is 14.6 Å². The number of nitrogen functional groups attached to an aromatic ring is 1. The maximum Gasteiger partial charge on any atom is 0.325 e. The van der Waals surface area contributed by atoms with Crippen molar-refractivity contribution >= 4 is 17.7 Å². The second-order valence-electron chi connectivity index (χ2n) is 5.48. The third kappa shape index (κ3) is 2.90. The van der Waals surface area contributed by atoms with Gasteiger partial charge >= 0.3 is 5.97 Å². The number of nitrogens with one attached hydrogen (secondary N) is 1. The predicted molar refractivity (Wildman–Crippen MR) is 79.5 cm³/mol. The lowest BCUT2D eigenvalue weighted by Gasteiger charge is -2.36. The van der Waals surface area contributed by atoms with Gasteiger partial charge in [0.15, 0.2) is 0 Å². The molecule has 3 rings (SSSR count). The zero-order valence-corrected chi connectivity index (χ0v) is 12.6. The van der Waals surface area contributed by atoms with Crippen LogP contribution in [-0.4, -0.2) is 61.4 Å². The Hall–Kier alpha value is -2.46. The van der Waals surface area contributed by atoms with Crippen LogP contribution in [0.5, 0.6) is 0 Å². The summed E-state index contributed by atoms with van der Waals surface area (Å²) in [4.78, 5) is 33.9. The smallest absolute Gasteiger partial charge is 0.325 e. The summed E-state index contributed by atoms with van der Waals surface area (Å²) < 4.78 is 5.91. The first-order chi connectivity index (χ1) is 11.0. The van der Waals surface area contributed by atoms with Crippen LogP contribution in [0.4, 0.5) is 5.95 Å². The van der Waals surface area contributed by atoms with E-state index in [-0.39, 0.29) is 23.8 Å². The lowest BCUT2D eigenvalue weighted by molar-refractivity contribution is -0.154. The predicted octanol–water partition coefficient (Wildman–Crippen LogP) is -1.50. The van der Waals surface area contributed by atoms with Crippen LogP contribution in [0.25, 0.3) is 5.78 Å². The Labute approximate surface area is 130 Å². The number of nitrogens with two attached hydrogens (primary N) is 1. The van der Waals surface area contributed by atoms with Gasteiger partial charge in [0.2, 0.25) is 5.95 Å². The van der Waals surface area contributed by atoms with Gasteiger partial charge in [0, 0.05) is 12.6 Å². The summed E-state index contributed by atoms with van der Waals surface area (Å²) in [5.41, 5.74) is 5.62. The number of hydrogen-bond acceptors (Lipinski definition) is 8. The second-order valence-corrected chi connectivity index (χ2v) is 5.48. The maximum absolute atomic E-state index is 12.0. The van der Waals surface area contributed by atoms with E-state index < -0.39 is 18.1 Å². The number of esters is 1. The summed E-state index contributed by atoms with van der Waals surface area (Å²) in [5, 5.41) is 12.7. The van der Waals surface area contributed by atoms with E-state index in [4.69, 9.17) is 10.5 Å². The largest absolute Gasteiger partial charge is 0.468 e. The van der Waals surface area contributed by atoms with Crippen LogP contribution >= 0.6 is 0 Å². The Morgan fingerprint density at radius 1 is 1.57 bits per heavy atom. The first kappa shape index (κ1) is 15.4. The van der Waals surface area contributed by atoms with Crippen LogP contribution in [0, 0.1) is 0 Å². The molecule has 2 aromatic rings. The van der Waals surface area contributed by atoms with Gasteiger partial charge in [-0.3, -0.25) is 19.6 Å². The standard InChI is InChI=1S/C13H18N6O4/c1-23-11(22)10-8(20)3-2-4-18(10)6-7-5-9(21)19-13(15-7)16-12(14)17-19/h5,8,10,20H,2-4,6H2,1H3,(H3,14,15,16,17). The quantitative estimate of drug-likeness (QED) is 0.580. The van der Waals surface area contributed by atoms with E-state index in [1.165, 1.54) is 13.2 Å². The van der Waals surface area contributed by atoms with Crippen molar-refractivity contribution in [2.24, 2.45) is 0 Å². The summed E-state index contributed by atoms with van der Waals surface area (Å²) in [6.45, 7) is 0.829. The number of piperidine rings is 1. The maximum atomic E-state index is 12.0. The lowest BCUT2D eigenvalue weighted by atomic mass is 9.98. The van der Waals surface area contributed by atoms with Gasteiger partial charge in [-0.25, -0.2) is 4.98 Å². The highest BCUT2D eigenvalue weighted by Gasteiger charge is 2.36. The highest BCUT2D eigenvalue weighted by Crippen LogP contribution is 2.20. The van der Waals surface area contributed by atoms with Crippen molar-refractivity contribution in [3.05, 3.63) is 22.1 Å². The minimum absolute atomic E-state index is 0.0904. The number of hydrogen-bond donors (Lipinski definition) is 3. The van der Waals surface area contributed by atoms with E-state index in [0.29, 0.717) is 18.7 Å². The molecule has 3 heterocycles. The van der Waals surface area contributed by atoms with Gasteiger partial charge in [0.05, 0.1) is 18.9 Å². The van der Waals surface area contributed by atoms with Crippen molar-refractivity contribution in [2.75, 3.05) is 19.4 Å². The van der Waals surface area contributed by atoms with Gasteiger partial charge in [-0.05, 0) is 19.4 Å². The van der Waals surface area contributed by atoms with Gasteiger partial charge in [0.1, 0.15) is 6.04 Å². The second kappa shape index (κ2) is 5.97. The fraction of sp³-hybridized carbons (Fsp3) is 0.538. The molecule has 0 radical (unpaired) electrons. The Bertz CT molecular complexity index is 784. The summed E-state index contributed by atoms with van der Waals surface area (Å²) in [6, 6.07) is 0.582. The highest BCUT2D eigenvalue weighted by molar-refractivity contribution is 5.76. The van der Waals surface area contributed by atoms with Crippen LogP contribution in [-0.2, 0) is 16.1 Å². The zero-order valence-electron chi connectivity index (χ0n) is 12.6. The minimum atomic E-state index is -0.804. The normalized spacial score (nSPS) is 22.3. The summed E-state index contributed by atoms with van der Waals surface area (Å²) in [5.74, 6) is -0.247. The number of ether oxygens (including phenoxy) is 1.